The minimum absolute atomic E-state index is 0. The Balaban J connectivity index is 0.000000298. The maximum absolute atomic E-state index is 13.4. The summed E-state index contributed by atoms with van der Waals surface area (Å²) in [4.78, 5) is 75.3. The number of carbonyl (C=O) groups excluding carboxylic acids is 3. The fourth-order valence-corrected chi connectivity index (χ4v) is 8.12. The Kier molecular flexibility index (Phi) is 18.4. The second-order valence-electron chi connectivity index (χ2n) is 16.9. The molecule has 20 nitrogen and oxygen atoms in total. The third kappa shape index (κ3) is 14.8. The largest absolute Gasteiger partial charge is 1.00 e. The number of nitrogens with one attached hydrogen (secondary N) is 2. The number of aromatic nitrogens is 4. The molecule has 4 aromatic rings. The molecule has 3 amide bonds. The van der Waals surface area contributed by atoms with Gasteiger partial charge in [-0.3, -0.25) is 28.3 Å². The van der Waals surface area contributed by atoms with Crippen molar-refractivity contribution in [2.24, 2.45) is 0 Å². The predicted octanol–water partition coefficient (Wildman–Crippen LogP) is -0.184. The van der Waals surface area contributed by atoms with Gasteiger partial charge in [0.1, 0.15) is 29.1 Å². The van der Waals surface area contributed by atoms with E-state index in [0.29, 0.717) is 42.8 Å². The van der Waals surface area contributed by atoms with Crippen molar-refractivity contribution in [1.82, 2.24) is 34.6 Å². The van der Waals surface area contributed by atoms with E-state index in [1.54, 1.807) is 20.8 Å². The first-order valence-electron chi connectivity index (χ1n) is 21.2. The number of fused-ring (bicyclic) bond motifs is 2. The first-order valence-corrected chi connectivity index (χ1v) is 24.9. The fraction of sp³-hybridized carbons (Fsp3) is 0.465. The Morgan fingerprint density at radius 3 is 1.56 bits per heavy atom. The van der Waals surface area contributed by atoms with Crippen LogP contribution in [-0.4, -0.2) is 91.0 Å². The van der Waals surface area contributed by atoms with Gasteiger partial charge in [0.25, 0.3) is 22.9 Å². The van der Waals surface area contributed by atoms with Crippen molar-refractivity contribution in [3.05, 3.63) is 115 Å². The molecular formula is C43H55ClF2N8O12S2. The molecule has 25 heteroatoms. The number of hydrogen-bond donors (Lipinski definition) is 3. The van der Waals surface area contributed by atoms with Crippen LogP contribution in [0.2, 0.25) is 0 Å². The summed E-state index contributed by atoms with van der Waals surface area (Å²) in [6.07, 6.45) is 4.90. The van der Waals surface area contributed by atoms with Crippen LogP contribution in [0.4, 0.5) is 13.6 Å². The average molecular weight is 1010 g/mol. The van der Waals surface area contributed by atoms with Gasteiger partial charge in [0.15, 0.2) is 17.2 Å². The topological polar surface area (TPSA) is 261 Å². The van der Waals surface area contributed by atoms with Crippen molar-refractivity contribution < 1.29 is 70.8 Å². The van der Waals surface area contributed by atoms with Crippen molar-refractivity contribution in [3.8, 4) is 11.5 Å². The van der Waals surface area contributed by atoms with Crippen LogP contribution in [0.3, 0.4) is 0 Å². The lowest BCUT2D eigenvalue weighted by Gasteiger charge is -2.30. The van der Waals surface area contributed by atoms with Gasteiger partial charge in [-0.25, -0.2) is 23.5 Å². The predicted molar refractivity (Wildman–Crippen MR) is 238 cm³/mol. The highest BCUT2D eigenvalue weighted by molar-refractivity contribution is 7.86. The van der Waals surface area contributed by atoms with E-state index >= 15 is 0 Å². The lowest BCUT2D eigenvalue weighted by atomic mass is 10.1. The molecule has 2 atom stereocenters. The monoisotopic (exact) mass is 1010 g/mol. The summed E-state index contributed by atoms with van der Waals surface area (Å²) in [5.74, 6) is -3.30. The molecule has 4 heterocycles. The van der Waals surface area contributed by atoms with Gasteiger partial charge in [-0.2, -0.15) is 16.8 Å². The van der Waals surface area contributed by atoms with Gasteiger partial charge in [-0.15, -0.1) is 0 Å². The highest BCUT2D eigenvalue weighted by atomic mass is 35.5. The maximum Gasteiger partial charge on any atom is 0.410 e. The molecule has 0 spiro atoms. The van der Waals surface area contributed by atoms with Gasteiger partial charge in [0.05, 0.1) is 25.6 Å². The van der Waals surface area contributed by atoms with Gasteiger partial charge in [-0.1, -0.05) is 24.3 Å². The highest BCUT2D eigenvalue weighted by Gasteiger charge is 2.35. The summed E-state index contributed by atoms with van der Waals surface area (Å²) in [7, 11) is -4.89. The van der Waals surface area contributed by atoms with Crippen molar-refractivity contribution in [3.63, 3.8) is 0 Å². The number of benzene rings is 2. The summed E-state index contributed by atoms with van der Waals surface area (Å²) in [5.41, 5.74) is -2.04. The number of nitrogens with two attached hydrogens (primary N) is 1. The lowest BCUT2D eigenvalue weighted by molar-refractivity contribution is -0.672. The Hall–Kier alpha value is -5.98. The molecule has 0 saturated heterocycles. The van der Waals surface area contributed by atoms with Gasteiger partial charge in [-0.05, 0) is 88.3 Å². The summed E-state index contributed by atoms with van der Waals surface area (Å²) >= 11 is 0. The molecule has 0 fully saturated rings. The zero-order valence-corrected chi connectivity index (χ0v) is 40.9. The van der Waals surface area contributed by atoms with E-state index in [1.807, 2.05) is 12.4 Å². The Morgan fingerprint density at radius 1 is 0.735 bits per heavy atom. The van der Waals surface area contributed by atoms with Gasteiger partial charge in [0, 0.05) is 39.6 Å². The van der Waals surface area contributed by atoms with Crippen LogP contribution < -0.4 is 47.8 Å². The molecule has 372 valence electrons. The van der Waals surface area contributed by atoms with Crippen LogP contribution >= 0.6 is 0 Å². The summed E-state index contributed by atoms with van der Waals surface area (Å²) in [6, 6.07) is 10.0. The number of ether oxygens (including phenoxy) is 1. The molecule has 0 aliphatic carbocycles. The molecule has 2 aromatic heterocycles. The molecule has 4 N–H and O–H groups in total. The molecule has 0 saturated carbocycles. The standard InChI is InChI=1S/C24H31FN4O7S.C19H23FN4O5S.ClH/c1-24(2,3)35-23(32)28(4)17-8-6-7-13-29-20(17)27-18(19(22(29)31)36-37(5,33)34)21(30)26-14-15-9-11-16(25)12-10-15;1-21-14-5-3-4-10-24-17(14)23-15(16(19(24)26)29-30(2,27)28)18(25)22-11-12-6-8-13(20)9-7-12;/h9-12,17H,6-8,13-14H2,1-5H3,(H,26,30);6-9,14,21H,3-5,10-11H2,1-2H3,(H,22,25);1H. The van der Waals surface area contributed by atoms with Crippen LogP contribution in [0.25, 0.3) is 0 Å². The normalized spacial score (nSPS) is 15.8. The number of carbonyl (C=O) groups is 3. The number of halogens is 3. The number of quaternary nitrogens is 1. The quantitative estimate of drug-likeness (QED) is 0.156. The zero-order valence-electron chi connectivity index (χ0n) is 38.5. The fourth-order valence-electron chi connectivity index (χ4n) is 7.22. The van der Waals surface area contributed by atoms with Crippen LogP contribution in [0.1, 0.15) is 115 Å². The van der Waals surface area contributed by atoms with Gasteiger partial charge >= 0.3 is 26.3 Å². The van der Waals surface area contributed by atoms with E-state index < -0.39 is 89.7 Å². The van der Waals surface area contributed by atoms with Crippen LogP contribution in [0.15, 0.2) is 58.1 Å². The van der Waals surface area contributed by atoms with Crippen LogP contribution in [0, 0.1) is 11.6 Å². The van der Waals surface area contributed by atoms with E-state index in [9.17, 15) is 49.6 Å². The second kappa shape index (κ2) is 22.9. The Labute approximate surface area is 398 Å². The number of hydrogen-bond acceptors (Lipinski definition) is 14. The van der Waals surface area contributed by atoms with Crippen LogP contribution in [0.5, 0.6) is 11.5 Å². The molecule has 2 aliphatic heterocycles. The molecule has 68 heavy (non-hydrogen) atoms. The summed E-state index contributed by atoms with van der Waals surface area (Å²) < 4.78 is 91.5. The molecule has 0 radical (unpaired) electrons. The molecule has 0 bridgehead atoms. The Bertz CT molecular complexity index is 2820. The lowest BCUT2D eigenvalue weighted by Crippen LogP contribution is -3.00. The first kappa shape index (κ1) is 54.6. The van der Waals surface area contributed by atoms with E-state index in [0.717, 1.165) is 31.8 Å². The van der Waals surface area contributed by atoms with E-state index in [4.69, 9.17) is 13.1 Å². The number of rotatable bonds is 12. The zero-order chi connectivity index (χ0) is 49.4. The third-order valence-electron chi connectivity index (χ3n) is 10.4. The van der Waals surface area contributed by atoms with Crippen molar-refractivity contribution >= 4 is 38.1 Å². The first-order chi connectivity index (χ1) is 31.4. The minimum atomic E-state index is -4.19. The van der Waals surface area contributed by atoms with E-state index in [2.05, 4.69) is 20.6 Å². The highest BCUT2D eigenvalue weighted by Crippen LogP contribution is 2.30. The van der Waals surface area contributed by atoms with Crippen LogP contribution in [-0.2, 0) is 51.2 Å². The summed E-state index contributed by atoms with van der Waals surface area (Å²) in [6.45, 7) is 5.73. The molecule has 2 aliphatic rings. The van der Waals surface area contributed by atoms with Crippen molar-refractivity contribution in [2.75, 3.05) is 26.6 Å². The molecule has 6 rings (SSSR count). The van der Waals surface area contributed by atoms with E-state index in [1.165, 1.54) is 69.6 Å². The third-order valence-corrected chi connectivity index (χ3v) is 11.3. The van der Waals surface area contributed by atoms with E-state index in [-0.39, 0.29) is 49.6 Å². The molecule has 2 aromatic carbocycles. The van der Waals surface area contributed by atoms with Gasteiger partial charge < -0.3 is 46.4 Å². The van der Waals surface area contributed by atoms with Crippen molar-refractivity contribution in [1.29, 1.82) is 0 Å². The number of nitrogens with zero attached hydrogens (tertiary/aromatic N) is 5. The Morgan fingerprint density at radius 2 is 1.15 bits per heavy atom. The maximum atomic E-state index is 13.4. The van der Waals surface area contributed by atoms with Crippen molar-refractivity contribution in [2.45, 2.75) is 103 Å². The SMILES string of the molecule is CN(C(=O)OC(C)(C)C)C1CCCCn2c1nc(C(=O)NCc1ccc(F)cc1)c(OS(C)(=O)=O)c2=O.C[NH2+]C1CCCCn2c1nc(C(=O)NCc1ccc(F)cc1)c(OS(C)(=O)=O)c2=O.[Cl-]. The van der Waals surface area contributed by atoms with Gasteiger partial charge in [0.2, 0.25) is 11.5 Å². The minimum Gasteiger partial charge on any atom is -1.00 e. The summed E-state index contributed by atoms with van der Waals surface area (Å²) in [5, 5.41) is 7.05. The number of amides is 3. The smallest absolute Gasteiger partial charge is 0.410 e. The molecular weight excluding hydrogens is 958 g/mol. The molecule has 2 unspecified atom stereocenters. The average Bonchev–Trinajstić information content (AvgIpc) is 3.60. The second-order valence-corrected chi connectivity index (χ2v) is 20.1.